The number of hydrogen-bond acceptors (Lipinski definition) is 2. The van der Waals surface area contributed by atoms with Crippen LogP contribution in [0.2, 0.25) is 0 Å². The summed E-state index contributed by atoms with van der Waals surface area (Å²) in [5, 5.41) is 0. The molecule has 0 bridgehead atoms. The van der Waals surface area contributed by atoms with Crippen molar-refractivity contribution in [2.24, 2.45) is 11.8 Å². The fraction of sp³-hybridized carbons (Fsp3) is 0.571. The Labute approximate surface area is 127 Å². The van der Waals surface area contributed by atoms with E-state index in [2.05, 4.69) is 0 Å². The third-order valence-electron chi connectivity index (χ3n) is 3.88. The normalized spacial score (nSPS) is 23.1. The topological polar surface area (TPSA) is 34.1 Å². The molecule has 1 aliphatic rings. The first-order valence-electron chi connectivity index (χ1n) is 6.64. The van der Waals surface area contributed by atoms with Gasteiger partial charge in [-0.2, -0.15) is 13.2 Å². The van der Waals surface area contributed by atoms with E-state index in [1.807, 2.05) is 0 Å². The first kappa shape index (κ1) is 16.6. The lowest BCUT2D eigenvalue weighted by Gasteiger charge is -2.20. The molecule has 0 amide bonds. The molecular formula is C14H16ClF3O2S. The van der Waals surface area contributed by atoms with Gasteiger partial charge in [0, 0.05) is 5.88 Å². The average Bonchev–Trinajstić information content (AvgIpc) is 2.75. The van der Waals surface area contributed by atoms with Crippen molar-refractivity contribution in [1.82, 2.24) is 0 Å². The molecule has 1 saturated heterocycles. The molecule has 0 spiro atoms. The average molecular weight is 341 g/mol. The first-order chi connectivity index (χ1) is 9.71. The molecule has 1 fully saturated rings. The summed E-state index contributed by atoms with van der Waals surface area (Å²) in [5.41, 5.74) is -0.146. The van der Waals surface area contributed by atoms with Crippen molar-refractivity contribution in [3.05, 3.63) is 35.4 Å². The smallest absolute Gasteiger partial charge is 0.229 e. The highest BCUT2D eigenvalue weighted by Crippen LogP contribution is 2.32. The molecule has 2 rings (SSSR count). The van der Waals surface area contributed by atoms with Crippen LogP contribution in [-0.4, -0.2) is 25.8 Å². The second kappa shape index (κ2) is 6.16. The molecule has 1 heterocycles. The van der Waals surface area contributed by atoms with E-state index < -0.39 is 21.6 Å². The zero-order chi connectivity index (χ0) is 15.7. The van der Waals surface area contributed by atoms with Crippen LogP contribution in [0.4, 0.5) is 13.2 Å². The standard InChI is InChI=1S/C14H16ClF3O2S/c15-8-12(11-4-5-21(19,20)9-11)6-10-2-1-3-13(7-10)14(16,17)18/h1-3,7,11-12H,4-6,8-9H2. The van der Waals surface area contributed by atoms with Crippen molar-refractivity contribution in [3.63, 3.8) is 0 Å². The Bertz CT molecular complexity index is 598. The molecule has 1 aromatic carbocycles. The van der Waals surface area contributed by atoms with Gasteiger partial charge in [0.25, 0.3) is 0 Å². The van der Waals surface area contributed by atoms with Crippen LogP contribution in [0.3, 0.4) is 0 Å². The molecule has 118 valence electrons. The van der Waals surface area contributed by atoms with E-state index >= 15 is 0 Å². The zero-order valence-electron chi connectivity index (χ0n) is 11.2. The molecule has 0 saturated carbocycles. The predicted octanol–water partition coefficient (Wildman–Crippen LogP) is 3.54. The van der Waals surface area contributed by atoms with E-state index in [4.69, 9.17) is 11.6 Å². The van der Waals surface area contributed by atoms with Gasteiger partial charge in [0.05, 0.1) is 17.1 Å². The summed E-state index contributed by atoms with van der Waals surface area (Å²) in [7, 11) is -3.01. The second-order valence-electron chi connectivity index (χ2n) is 5.48. The molecule has 0 N–H and O–H groups in total. The monoisotopic (exact) mass is 340 g/mol. The molecule has 0 radical (unpaired) electrons. The summed E-state index contributed by atoms with van der Waals surface area (Å²) >= 11 is 5.90. The third-order valence-corrected chi connectivity index (χ3v) is 6.07. The summed E-state index contributed by atoms with van der Waals surface area (Å²) in [6.07, 6.45) is -3.46. The molecule has 1 aliphatic heterocycles. The van der Waals surface area contributed by atoms with Crippen LogP contribution in [0.15, 0.2) is 24.3 Å². The minimum absolute atomic E-state index is 0.0676. The largest absolute Gasteiger partial charge is 0.416 e. The maximum Gasteiger partial charge on any atom is 0.416 e. The van der Waals surface area contributed by atoms with Crippen LogP contribution < -0.4 is 0 Å². The van der Waals surface area contributed by atoms with Crippen LogP contribution >= 0.6 is 11.6 Å². The van der Waals surface area contributed by atoms with E-state index in [1.165, 1.54) is 6.07 Å². The fourth-order valence-corrected chi connectivity index (χ4v) is 5.00. The first-order valence-corrected chi connectivity index (χ1v) is 8.99. The summed E-state index contributed by atoms with van der Waals surface area (Å²) in [4.78, 5) is 0. The van der Waals surface area contributed by atoms with E-state index in [0.717, 1.165) is 12.1 Å². The minimum atomic E-state index is -4.37. The SMILES string of the molecule is O=S1(=O)CCC(C(CCl)Cc2cccc(C(F)(F)F)c2)C1. The number of rotatable bonds is 4. The Morgan fingerprint density at radius 3 is 2.57 bits per heavy atom. The van der Waals surface area contributed by atoms with Gasteiger partial charge in [-0.3, -0.25) is 0 Å². The number of hydrogen-bond donors (Lipinski definition) is 0. The highest BCUT2D eigenvalue weighted by molar-refractivity contribution is 7.91. The molecule has 2 atom stereocenters. The van der Waals surface area contributed by atoms with Gasteiger partial charge in [0.2, 0.25) is 0 Å². The molecule has 21 heavy (non-hydrogen) atoms. The molecule has 7 heteroatoms. The highest BCUT2D eigenvalue weighted by atomic mass is 35.5. The molecule has 2 nitrogen and oxygen atoms in total. The van der Waals surface area contributed by atoms with Crippen LogP contribution in [0.1, 0.15) is 17.5 Å². The second-order valence-corrected chi connectivity index (χ2v) is 8.02. The zero-order valence-corrected chi connectivity index (χ0v) is 12.8. The Morgan fingerprint density at radius 2 is 2.05 bits per heavy atom. The number of benzene rings is 1. The number of halogens is 4. The lowest BCUT2D eigenvalue weighted by Crippen LogP contribution is -2.20. The van der Waals surface area contributed by atoms with Crippen molar-refractivity contribution >= 4 is 21.4 Å². The Morgan fingerprint density at radius 1 is 1.33 bits per heavy atom. The van der Waals surface area contributed by atoms with E-state index in [1.54, 1.807) is 6.07 Å². The van der Waals surface area contributed by atoms with E-state index in [0.29, 0.717) is 18.4 Å². The molecular weight excluding hydrogens is 325 g/mol. The van der Waals surface area contributed by atoms with Crippen molar-refractivity contribution < 1.29 is 21.6 Å². The molecule has 0 aromatic heterocycles. The summed E-state index contributed by atoms with van der Waals surface area (Å²) < 4.78 is 61.1. The Kier molecular flexibility index (Phi) is 4.88. The van der Waals surface area contributed by atoms with Gasteiger partial charge in [-0.25, -0.2) is 8.42 Å². The summed E-state index contributed by atoms with van der Waals surface area (Å²) in [6.45, 7) is 0. The van der Waals surface area contributed by atoms with Crippen molar-refractivity contribution in [2.45, 2.75) is 19.0 Å². The highest BCUT2D eigenvalue weighted by Gasteiger charge is 2.34. The van der Waals surface area contributed by atoms with E-state index in [9.17, 15) is 21.6 Å². The van der Waals surface area contributed by atoms with Crippen molar-refractivity contribution in [2.75, 3.05) is 17.4 Å². The number of alkyl halides is 4. The minimum Gasteiger partial charge on any atom is -0.229 e. The van der Waals surface area contributed by atoms with Gasteiger partial charge in [-0.05, 0) is 36.3 Å². The fourth-order valence-electron chi connectivity index (χ4n) is 2.72. The number of sulfone groups is 1. The molecule has 0 aliphatic carbocycles. The van der Waals surface area contributed by atoms with Crippen LogP contribution in [0, 0.1) is 11.8 Å². The van der Waals surface area contributed by atoms with Gasteiger partial charge in [0.15, 0.2) is 9.84 Å². The Balaban J connectivity index is 2.12. The lowest BCUT2D eigenvalue weighted by molar-refractivity contribution is -0.137. The van der Waals surface area contributed by atoms with Gasteiger partial charge < -0.3 is 0 Å². The maximum atomic E-state index is 12.7. The van der Waals surface area contributed by atoms with E-state index in [-0.39, 0.29) is 29.2 Å². The van der Waals surface area contributed by atoms with Crippen LogP contribution in [-0.2, 0) is 22.4 Å². The quantitative estimate of drug-likeness (QED) is 0.786. The molecule has 2 unspecified atom stereocenters. The van der Waals surface area contributed by atoms with Gasteiger partial charge >= 0.3 is 6.18 Å². The van der Waals surface area contributed by atoms with Gasteiger partial charge in [-0.1, -0.05) is 18.2 Å². The Hall–Kier alpha value is -0.750. The lowest BCUT2D eigenvalue weighted by atomic mass is 9.87. The van der Waals surface area contributed by atoms with Gasteiger partial charge in [-0.15, -0.1) is 11.6 Å². The summed E-state index contributed by atoms with van der Waals surface area (Å²) in [6, 6.07) is 5.13. The van der Waals surface area contributed by atoms with Crippen LogP contribution in [0.5, 0.6) is 0 Å². The summed E-state index contributed by atoms with van der Waals surface area (Å²) in [5.74, 6) is 0.294. The van der Waals surface area contributed by atoms with Crippen molar-refractivity contribution in [3.8, 4) is 0 Å². The molecule has 1 aromatic rings. The van der Waals surface area contributed by atoms with Crippen LogP contribution in [0.25, 0.3) is 0 Å². The van der Waals surface area contributed by atoms with Gasteiger partial charge in [0.1, 0.15) is 0 Å². The maximum absolute atomic E-state index is 12.7. The predicted molar refractivity (Wildman–Crippen MR) is 76.1 cm³/mol. The van der Waals surface area contributed by atoms with Crippen molar-refractivity contribution in [1.29, 1.82) is 0 Å². The third kappa shape index (κ3) is 4.36.